The largest absolute Gasteiger partial charge is 0.497 e. The summed E-state index contributed by atoms with van der Waals surface area (Å²) in [5.41, 5.74) is 2.70. The van der Waals surface area contributed by atoms with E-state index in [9.17, 15) is 8.42 Å². The van der Waals surface area contributed by atoms with E-state index in [1.54, 1.807) is 6.07 Å². The maximum Gasteiger partial charge on any atom is 0.244 e. The van der Waals surface area contributed by atoms with Gasteiger partial charge in [-0.3, -0.25) is 0 Å². The van der Waals surface area contributed by atoms with E-state index in [2.05, 4.69) is 10.8 Å². The smallest absolute Gasteiger partial charge is 0.244 e. The van der Waals surface area contributed by atoms with Crippen molar-refractivity contribution in [2.75, 3.05) is 27.4 Å². The Morgan fingerprint density at radius 1 is 0.962 bits per heavy atom. The van der Waals surface area contributed by atoms with Crippen LogP contribution in [0, 0.1) is 0 Å². The lowest BCUT2D eigenvalue weighted by Crippen LogP contribution is -2.28. The van der Waals surface area contributed by atoms with Gasteiger partial charge in [0.15, 0.2) is 0 Å². The molecule has 0 fully saturated rings. The molecule has 0 aromatic heterocycles. The number of benzene rings is 2. The van der Waals surface area contributed by atoms with E-state index in [1.165, 1.54) is 43.9 Å². The molecule has 26 heavy (non-hydrogen) atoms. The van der Waals surface area contributed by atoms with Crippen LogP contribution >= 0.6 is 0 Å². The number of hydrogen-bond donors (Lipinski definition) is 1. The average Bonchev–Trinajstić information content (AvgIpc) is 3.12. The van der Waals surface area contributed by atoms with Crippen molar-refractivity contribution in [2.24, 2.45) is 0 Å². The van der Waals surface area contributed by atoms with E-state index in [0.717, 1.165) is 18.6 Å². The molecule has 0 bridgehead atoms. The highest BCUT2D eigenvalue weighted by atomic mass is 32.2. The first kappa shape index (κ1) is 18.5. The first-order valence-electron chi connectivity index (χ1n) is 8.50. The molecule has 6 nitrogen and oxygen atoms in total. The second-order valence-electron chi connectivity index (χ2n) is 6.05. The summed E-state index contributed by atoms with van der Waals surface area (Å²) < 4.78 is 43.4. The van der Waals surface area contributed by atoms with Crippen molar-refractivity contribution in [3.05, 3.63) is 47.5 Å². The number of sulfonamides is 1. The minimum absolute atomic E-state index is 0.0679. The third-order valence-corrected chi connectivity index (χ3v) is 5.89. The van der Waals surface area contributed by atoms with Crippen molar-refractivity contribution in [3.63, 3.8) is 0 Å². The van der Waals surface area contributed by atoms with Gasteiger partial charge in [-0.05, 0) is 54.7 Å². The Bertz CT molecular complexity index is 879. The Kier molecular flexibility index (Phi) is 5.68. The quantitative estimate of drug-likeness (QED) is 0.716. The Morgan fingerprint density at radius 2 is 1.73 bits per heavy atom. The van der Waals surface area contributed by atoms with Crippen LogP contribution in [0.3, 0.4) is 0 Å². The van der Waals surface area contributed by atoms with Crippen LogP contribution in [0.5, 0.6) is 17.2 Å². The van der Waals surface area contributed by atoms with E-state index < -0.39 is 10.0 Å². The second kappa shape index (κ2) is 7.97. The minimum atomic E-state index is -3.70. The lowest BCUT2D eigenvalue weighted by Gasteiger charge is -2.12. The Balaban J connectivity index is 1.58. The highest BCUT2D eigenvalue weighted by Crippen LogP contribution is 2.28. The summed E-state index contributed by atoms with van der Waals surface area (Å²) in [5.74, 6) is 1.53. The van der Waals surface area contributed by atoms with E-state index in [0.29, 0.717) is 5.75 Å². The molecule has 0 saturated carbocycles. The predicted molar refractivity (Wildman–Crippen MR) is 98.7 cm³/mol. The van der Waals surface area contributed by atoms with Gasteiger partial charge in [-0.15, -0.1) is 0 Å². The topological polar surface area (TPSA) is 73.9 Å². The summed E-state index contributed by atoms with van der Waals surface area (Å²) in [7, 11) is -0.770. The molecule has 0 unspecified atom stereocenters. The van der Waals surface area contributed by atoms with Gasteiger partial charge in [0.05, 0.1) is 14.2 Å². The fraction of sp³-hybridized carbons (Fsp3) is 0.368. The predicted octanol–water partition coefficient (Wildman–Crippen LogP) is 2.55. The summed E-state index contributed by atoms with van der Waals surface area (Å²) >= 11 is 0. The molecule has 1 N–H and O–H groups in total. The van der Waals surface area contributed by atoms with Crippen molar-refractivity contribution in [2.45, 2.75) is 24.2 Å². The van der Waals surface area contributed by atoms with Gasteiger partial charge >= 0.3 is 0 Å². The molecule has 1 aliphatic carbocycles. The fourth-order valence-corrected chi connectivity index (χ4v) is 4.22. The lowest BCUT2D eigenvalue weighted by atomic mass is 10.1. The van der Waals surface area contributed by atoms with Gasteiger partial charge in [0.1, 0.15) is 28.8 Å². The Morgan fingerprint density at radius 3 is 2.50 bits per heavy atom. The molecule has 0 amide bonds. The third-order valence-electron chi connectivity index (χ3n) is 4.39. The van der Waals surface area contributed by atoms with Crippen molar-refractivity contribution in [3.8, 4) is 17.2 Å². The third kappa shape index (κ3) is 4.11. The maximum absolute atomic E-state index is 12.5. The van der Waals surface area contributed by atoms with Crippen LogP contribution in [0.1, 0.15) is 17.5 Å². The van der Waals surface area contributed by atoms with Crippen molar-refractivity contribution in [1.82, 2.24) is 4.72 Å². The molecule has 0 atom stereocenters. The van der Waals surface area contributed by atoms with Crippen LogP contribution in [-0.2, 0) is 22.9 Å². The fourth-order valence-electron chi connectivity index (χ4n) is 3.06. The molecule has 7 heteroatoms. The van der Waals surface area contributed by atoms with Gasteiger partial charge in [0.25, 0.3) is 0 Å². The normalized spacial score (nSPS) is 13.3. The molecule has 2 aromatic carbocycles. The zero-order chi connectivity index (χ0) is 18.6. The number of aryl methyl sites for hydroxylation is 2. The van der Waals surface area contributed by atoms with Gasteiger partial charge in [-0.2, -0.15) is 0 Å². The zero-order valence-electron chi connectivity index (χ0n) is 14.9. The summed E-state index contributed by atoms with van der Waals surface area (Å²) in [5, 5.41) is 0. The molecule has 0 aliphatic heterocycles. The molecule has 2 aromatic rings. The van der Waals surface area contributed by atoms with Gasteiger partial charge in [-0.1, -0.05) is 6.07 Å². The minimum Gasteiger partial charge on any atom is -0.497 e. The number of ether oxygens (including phenoxy) is 3. The zero-order valence-corrected chi connectivity index (χ0v) is 15.8. The first-order valence-corrected chi connectivity index (χ1v) is 9.98. The van der Waals surface area contributed by atoms with Gasteiger partial charge < -0.3 is 14.2 Å². The molecule has 1 aliphatic rings. The number of nitrogens with one attached hydrogen (secondary N) is 1. The molecular weight excluding hydrogens is 354 g/mol. The summed E-state index contributed by atoms with van der Waals surface area (Å²) in [6.07, 6.45) is 3.39. The average molecular weight is 377 g/mol. The van der Waals surface area contributed by atoms with Crippen molar-refractivity contribution in [1.29, 1.82) is 0 Å². The monoisotopic (exact) mass is 377 g/mol. The van der Waals surface area contributed by atoms with Crippen LogP contribution in [0.25, 0.3) is 0 Å². The van der Waals surface area contributed by atoms with Gasteiger partial charge in [0.2, 0.25) is 10.0 Å². The molecule has 0 radical (unpaired) electrons. The van der Waals surface area contributed by atoms with Crippen LogP contribution in [0.2, 0.25) is 0 Å². The number of hydrogen-bond acceptors (Lipinski definition) is 5. The summed E-state index contributed by atoms with van der Waals surface area (Å²) in [6, 6.07) is 10.6. The molecule has 140 valence electrons. The summed E-state index contributed by atoms with van der Waals surface area (Å²) in [4.78, 5) is 0.0679. The van der Waals surface area contributed by atoms with E-state index in [-0.39, 0.29) is 23.8 Å². The van der Waals surface area contributed by atoms with E-state index in [1.807, 2.05) is 12.1 Å². The van der Waals surface area contributed by atoms with Gasteiger partial charge in [-0.25, -0.2) is 13.1 Å². The van der Waals surface area contributed by atoms with Crippen molar-refractivity contribution < 1.29 is 22.6 Å². The van der Waals surface area contributed by atoms with Gasteiger partial charge in [0, 0.05) is 12.6 Å². The van der Waals surface area contributed by atoms with Crippen LogP contribution in [0.15, 0.2) is 41.3 Å². The van der Waals surface area contributed by atoms with Crippen LogP contribution in [-0.4, -0.2) is 35.8 Å². The van der Waals surface area contributed by atoms with Crippen molar-refractivity contribution >= 4 is 10.0 Å². The van der Waals surface area contributed by atoms with E-state index >= 15 is 0 Å². The molecule has 3 rings (SSSR count). The van der Waals surface area contributed by atoms with E-state index in [4.69, 9.17) is 14.2 Å². The Hall–Kier alpha value is -2.25. The van der Waals surface area contributed by atoms with Crippen LogP contribution in [0.4, 0.5) is 0 Å². The maximum atomic E-state index is 12.5. The number of methoxy groups -OCH3 is 2. The number of rotatable bonds is 8. The van der Waals surface area contributed by atoms with Crippen LogP contribution < -0.4 is 18.9 Å². The molecule has 0 heterocycles. The SMILES string of the molecule is COc1ccc(S(=O)(=O)NCCOc2ccc3c(c2)CCC3)c(OC)c1. The summed E-state index contributed by atoms with van der Waals surface area (Å²) in [6.45, 7) is 0.408. The second-order valence-corrected chi connectivity index (χ2v) is 7.78. The Labute approximate surface area is 154 Å². The highest BCUT2D eigenvalue weighted by Gasteiger charge is 2.19. The standard InChI is InChI=1S/C19H23NO5S/c1-23-16-8-9-19(18(13-16)24-2)26(21,22)20-10-11-25-17-7-6-14-4-3-5-15(14)12-17/h6-9,12-13,20H,3-5,10-11H2,1-2H3. The highest BCUT2D eigenvalue weighted by molar-refractivity contribution is 7.89. The molecule has 0 saturated heterocycles. The lowest BCUT2D eigenvalue weighted by molar-refractivity contribution is 0.322. The molecule has 0 spiro atoms. The number of fused-ring (bicyclic) bond motifs is 1. The first-order chi connectivity index (χ1) is 12.5. The molecular formula is C19H23NO5S.